The number of nitrogens with two attached hydrogens (primary N) is 1. The zero-order chi connectivity index (χ0) is 15.8. The molecule has 0 aliphatic rings. The molecule has 1 aromatic carbocycles. The summed E-state index contributed by atoms with van der Waals surface area (Å²) in [6.07, 6.45) is 2.59. The molecule has 0 aromatic heterocycles. The molecule has 0 saturated carbocycles. The molecule has 21 heavy (non-hydrogen) atoms. The van der Waals surface area contributed by atoms with Crippen molar-refractivity contribution in [3.8, 4) is 5.75 Å². The topological polar surface area (TPSA) is 64.3 Å². The van der Waals surface area contributed by atoms with Crippen LogP contribution < -0.4 is 15.8 Å². The first-order valence-corrected chi connectivity index (χ1v) is 7.42. The maximum Gasteiger partial charge on any atom is 0.227 e. The summed E-state index contributed by atoms with van der Waals surface area (Å²) >= 11 is 0. The fourth-order valence-corrected chi connectivity index (χ4v) is 2.01. The molecule has 5 heteroatoms. The number of hydrogen-bond donors (Lipinski definition) is 2. The van der Waals surface area contributed by atoms with Crippen molar-refractivity contribution in [3.63, 3.8) is 0 Å². The van der Waals surface area contributed by atoms with Crippen molar-refractivity contribution in [2.24, 2.45) is 11.7 Å². The Balaban J connectivity index is 2.61. The molecule has 0 aliphatic heterocycles. The SMILES string of the molecule is CCOc1cc(F)ccc1NC(=O)C(C)CCCC(C)N. The van der Waals surface area contributed by atoms with Gasteiger partial charge in [-0.1, -0.05) is 13.3 Å². The Morgan fingerprint density at radius 3 is 2.71 bits per heavy atom. The Kier molecular flexibility index (Phi) is 7.15. The fraction of sp³-hybridized carbons (Fsp3) is 0.562. The van der Waals surface area contributed by atoms with Gasteiger partial charge in [0, 0.05) is 18.0 Å². The quantitative estimate of drug-likeness (QED) is 0.773. The van der Waals surface area contributed by atoms with Gasteiger partial charge in [-0.2, -0.15) is 0 Å². The van der Waals surface area contributed by atoms with Crippen molar-refractivity contribution in [3.05, 3.63) is 24.0 Å². The van der Waals surface area contributed by atoms with Gasteiger partial charge >= 0.3 is 0 Å². The molecule has 3 N–H and O–H groups in total. The van der Waals surface area contributed by atoms with Crippen LogP contribution in [0.2, 0.25) is 0 Å². The van der Waals surface area contributed by atoms with Crippen LogP contribution in [0.5, 0.6) is 5.75 Å². The highest BCUT2D eigenvalue weighted by molar-refractivity contribution is 5.93. The van der Waals surface area contributed by atoms with Crippen molar-refractivity contribution in [2.75, 3.05) is 11.9 Å². The first kappa shape index (κ1) is 17.4. The number of carbonyl (C=O) groups is 1. The van der Waals surface area contributed by atoms with E-state index in [0.29, 0.717) is 18.0 Å². The summed E-state index contributed by atoms with van der Waals surface area (Å²) in [5.41, 5.74) is 6.20. The van der Waals surface area contributed by atoms with Gasteiger partial charge in [0.25, 0.3) is 0 Å². The Bertz CT molecular complexity index is 464. The molecule has 0 aliphatic carbocycles. The fourth-order valence-electron chi connectivity index (χ4n) is 2.01. The third kappa shape index (κ3) is 6.12. The molecule has 2 unspecified atom stereocenters. The summed E-state index contributed by atoms with van der Waals surface area (Å²) in [4.78, 5) is 12.1. The summed E-state index contributed by atoms with van der Waals surface area (Å²) in [6, 6.07) is 4.26. The molecular formula is C16H25FN2O2. The molecule has 0 saturated heterocycles. The first-order valence-electron chi connectivity index (χ1n) is 7.42. The van der Waals surface area contributed by atoms with Gasteiger partial charge in [0.05, 0.1) is 12.3 Å². The monoisotopic (exact) mass is 296 g/mol. The van der Waals surface area contributed by atoms with E-state index in [1.807, 2.05) is 20.8 Å². The van der Waals surface area contributed by atoms with Gasteiger partial charge < -0.3 is 15.8 Å². The zero-order valence-electron chi connectivity index (χ0n) is 13.0. The smallest absolute Gasteiger partial charge is 0.227 e. The molecule has 0 spiro atoms. The van der Waals surface area contributed by atoms with E-state index in [1.165, 1.54) is 18.2 Å². The van der Waals surface area contributed by atoms with Gasteiger partial charge in [-0.25, -0.2) is 4.39 Å². The van der Waals surface area contributed by atoms with Crippen LogP contribution in [0, 0.1) is 11.7 Å². The largest absolute Gasteiger partial charge is 0.492 e. The second kappa shape index (κ2) is 8.62. The predicted molar refractivity (Wildman–Crippen MR) is 82.9 cm³/mol. The van der Waals surface area contributed by atoms with Crippen molar-refractivity contribution >= 4 is 11.6 Å². The Morgan fingerprint density at radius 1 is 1.38 bits per heavy atom. The number of carbonyl (C=O) groups excluding carboxylic acids is 1. The van der Waals surface area contributed by atoms with Crippen molar-refractivity contribution in [1.82, 2.24) is 0 Å². The zero-order valence-corrected chi connectivity index (χ0v) is 13.0. The van der Waals surface area contributed by atoms with Crippen LogP contribution >= 0.6 is 0 Å². The highest BCUT2D eigenvalue weighted by Gasteiger charge is 2.15. The van der Waals surface area contributed by atoms with E-state index in [4.69, 9.17) is 10.5 Å². The lowest BCUT2D eigenvalue weighted by molar-refractivity contribution is -0.119. The van der Waals surface area contributed by atoms with Gasteiger partial charge in [0.2, 0.25) is 5.91 Å². The summed E-state index contributed by atoms with van der Waals surface area (Å²) < 4.78 is 18.5. The predicted octanol–water partition coefficient (Wildman–Crippen LogP) is 3.32. The maximum absolute atomic E-state index is 13.2. The van der Waals surface area contributed by atoms with E-state index in [1.54, 1.807) is 0 Å². The van der Waals surface area contributed by atoms with Crippen LogP contribution in [0.25, 0.3) is 0 Å². The van der Waals surface area contributed by atoms with Crippen LogP contribution in [0.4, 0.5) is 10.1 Å². The number of amides is 1. The van der Waals surface area contributed by atoms with E-state index < -0.39 is 0 Å². The minimum Gasteiger partial charge on any atom is -0.492 e. The lowest BCUT2D eigenvalue weighted by atomic mass is 10.0. The third-order valence-corrected chi connectivity index (χ3v) is 3.25. The molecular weight excluding hydrogens is 271 g/mol. The summed E-state index contributed by atoms with van der Waals surface area (Å²) in [7, 11) is 0. The first-order chi connectivity index (χ1) is 9.93. The van der Waals surface area contributed by atoms with Crippen LogP contribution in [0.15, 0.2) is 18.2 Å². The minimum absolute atomic E-state index is 0.0905. The second-order valence-corrected chi connectivity index (χ2v) is 5.37. The number of hydrogen-bond acceptors (Lipinski definition) is 3. The van der Waals surface area contributed by atoms with Crippen LogP contribution in [-0.2, 0) is 4.79 Å². The van der Waals surface area contributed by atoms with Gasteiger partial charge in [0.15, 0.2) is 0 Å². The Hall–Kier alpha value is -1.62. The number of anilines is 1. The van der Waals surface area contributed by atoms with Crippen molar-refractivity contribution in [1.29, 1.82) is 0 Å². The number of ether oxygens (including phenoxy) is 1. The van der Waals surface area contributed by atoms with E-state index in [-0.39, 0.29) is 23.7 Å². The van der Waals surface area contributed by atoms with Gasteiger partial charge in [-0.3, -0.25) is 4.79 Å². The molecule has 118 valence electrons. The highest BCUT2D eigenvalue weighted by Crippen LogP contribution is 2.26. The summed E-state index contributed by atoms with van der Waals surface area (Å²) in [6.45, 7) is 6.06. The minimum atomic E-state index is -0.388. The Morgan fingerprint density at radius 2 is 2.10 bits per heavy atom. The average molecular weight is 296 g/mol. The summed E-state index contributed by atoms with van der Waals surface area (Å²) in [5.74, 6) is -0.245. The van der Waals surface area contributed by atoms with Gasteiger partial charge in [-0.05, 0) is 38.8 Å². The molecule has 0 heterocycles. The highest BCUT2D eigenvalue weighted by atomic mass is 19.1. The summed E-state index contributed by atoms with van der Waals surface area (Å²) in [5, 5.41) is 2.80. The number of benzene rings is 1. The molecule has 2 atom stereocenters. The molecule has 0 bridgehead atoms. The van der Waals surface area contributed by atoms with Crippen LogP contribution in [0.1, 0.15) is 40.0 Å². The molecule has 1 aromatic rings. The number of nitrogens with one attached hydrogen (secondary N) is 1. The van der Waals surface area contributed by atoms with E-state index in [2.05, 4.69) is 5.32 Å². The lowest BCUT2D eigenvalue weighted by Gasteiger charge is -2.15. The normalized spacial score (nSPS) is 13.6. The molecule has 1 amide bonds. The van der Waals surface area contributed by atoms with Crippen LogP contribution in [-0.4, -0.2) is 18.6 Å². The third-order valence-electron chi connectivity index (χ3n) is 3.25. The molecule has 0 fully saturated rings. The Labute approximate surface area is 125 Å². The maximum atomic E-state index is 13.2. The van der Waals surface area contributed by atoms with E-state index >= 15 is 0 Å². The van der Waals surface area contributed by atoms with Gasteiger partial charge in [0.1, 0.15) is 11.6 Å². The number of rotatable bonds is 8. The van der Waals surface area contributed by atoms with Crippen molar-refractivity contribution in [2.45, 2.75) is 46.1 Å². The molecule has 1 rings (SSSR count). The van der Waals surface area contributed by atoms with E-state index in [0.717, 1.165) is 19.3 Å². The second-order valence-electron chi connectivity index (χ2n) is 5.37. The van der Waals surface area contributed by atoms with Crippen LogP contribution in [0.3, 0.4) is 0 Å². The number of halogens is 1. The standard InChI is InChI=1S/C16H25FN2O2/c1-4-21-15-10-13(17)8-9-14(15)19-16(20)11(2)6-5-7-12(3)18/h8-12H,4-7,18H2,1-3H3,(H,19,20). The molecule has 0 radical (unpaired) electrons. The molecule has 4 nitrogen and oxygen atoms in total. The van der Waals surface area contributed by atoms with Gasteiger partial charge in [-0.15, -0.1) is 0 Å². The van der Waals surface area contributed by atoms with E-state index in [9.17, 15) is 9.18 Å². The average Bonchev–Trinajstić information content (AvgIpc) is 2.41. The lowest BCUT2D eigenvalue weighted by Crippen LogP contribution is -2.22. The van der Waals surface area contributed by atoms with Crippen molar-refractivity contribution < 1.29 is 13.9 Å².